The Balaban J connectivity index is 2.18. The van der Waals surface area contributed by atoms with E-state index in [4.69, 9.17) is 0 Å². The molecule has 5 heteroatoms. The summed E-state index contributed by atoms with van der Waals surface area (Å²) in [5.41, 5.74) is 1.21. The number of rotatable bonds is 3. The van der Waals surface area contributed by atoms with Gasteiger partial charge >= 0.3 is 5.97 Å². The maximum atomic E-state index is 11.4. The van der Waals surface area contributed by atoms with E-state index < -0.39 is 11.4 Å². The summed E-state index contributed by atoms with van der Waals surface area (Å²) in [5, 5.41) is 9.37. The number of aryl methyl sites for hydroxylation is 1. The highest BCUT2D eigenvalue weighted by Crippen LogP contribution is 2.34. The molecule has 0 bridgehead atoms. The van der Waals surface area contributed by atoms with Crippen molar-refractivity contribution in [3.63, 3.8) is 0 Å². The Hall–Kier alpha value is -1.49. The standard InChI is InChI=1S/C14H21N3O2/c1-10-12(16-7-6-15-10)11(2)17-8-4-5-14(3,9-17)13(18)19/h6-7,11H,4-5,8-9H2,1-3H3,(H,18,19). The third-order valence-electron chi connectivity index (χ3n) is 4.10. The number of nitrogens with zero attached hydrogens (tertiary/aromatic N) is 3. The Morgan fingerprint density at radius 3 is 2.79 bits per heavy atom. The van der Waals surface area contributed by atoms with E-state index in [1.165, 1.54) is 0 Å². The molecule has 1 saturated heterocycles. The second-order valence-electron chi connectivity index (χ2n) is 5.64. The zero-order valence-electron chi connectivity index (χ0n) is 11.8. The van der Waals surface area contributed by atoms with Crippen molar-refractivity contribution in [2.24, 2.45) is 5.41 Å². The first-order valence-corrected chi connectivity index (χ1v) is 6.69. The van der Waals surface area contributed by atoms with E-state index in [0.29, 0.717) is 6.54 Å². The molecule has 0 spiro atoms. The zero-order valence-corrected chi connectivity index (χ0v) is 11.8. The minimum atomic E-state index is -0.708. The molecule has 0 amide bonds. The van der Waals surface area contributed by atoms with Gasteiger partial charge in [-0.05, 0) is 40.2 Å². The Kier molecular flexibility index (Phi) is 3.85. The molecule has 0 radical (unpaired) electrons. The zero-order chi connectivity index (χ0) is 14.0. The molecule has 2 unspecified atom stereocenters. The molecule has 0 aromatic carbocycles. The Labute approximate surface area is 113 Å². The predicted octanol–water partition coefficient (Wildman–Crippen LogP) is 2.03. The molecule has 1 N–H and O–H groups in total. The molecule has 1 aliphatic heterocycles. The van der Waals surface area contributed by atoms with Crippen LogP contribution in [0.1, 0.15) is 44.1 Å². The summed E-state index contributed by atoms with van der Waals surface area (Å²) < 4.78 is 0. The Morgan fingerprint density at radius 1 is 1.47 bits per heavy atom. The lowest BCUT2D eigenvalue weighted by Gasteiger charge is -2.40. The lowest BCUT2D eigenvalue weighted by molar-refractivity contribution is -0.151. The first-order chi connectivity index (χ1) is 8.94. The lowest BCUT2D eigenvalue weighted by Crippen LogP contribution is -2.47. The second-order valence-corrected chi connectivity index (χ2v) is 5.64. The monoisotopic (exact) mass is 263 g/mol. The number of carboxylic acid groups (broad SMARTS) is 1. The minimum Gasteiger partial charge on any atom is -0.481 e. The van der Waals surface area contributed by atoms with Gasteiger partial charge in [-0.15, -0.1) is 0 Å². The molecule has 1 aromatic heterocycles. The van der Waals surface area contributed by atoms with Crippen molar-refractivity contribution in [3.05, 3.63) is 23.8 Å². The van der Waals surface area contributed by atoms with E-state index in [9.17, 15) is 9.90 Å². The highest BCUT2D eigenvalue weighted by molar-refractivity contribution is 5.74. The normalized spacial score (nSPS) is 26.1. The fraction of sp³-hybridized carbons (Fsp3) is 0.643. The van der Waals surface area contributed by atoms with Gasteiger partial charge in [0.1, 0.15) is 0 Å². The maximum Gasteiger partial charge on any atom is 0.310 e. The van der Waals surface area contributed by atoms with Gasteiger partial charge in [0.2, 0.25) is 0 Å². The molecular weight excluding hydrogens is 242 g/mol. The fourth-order valence-corrected chi connectivity index (χ4v) is 2.79. The third-order valence-corrected chi connectivity index (χ3v) is 4.10. The van der Waals surface area contributed by atoms with E-state index in [0.717, 1.165) is 30.8 Å². The molecular formula is C14H21N3O2. The Morgan fingerprint density at radius 2 is 2.16 bits per heavy atom. The van der Waals surface area contributed by atoms with E-state index in [1.807, 2.05) is 13.8 Å². The average Bonchev–Trinajstić information content (AvgIpc) is 2.38. The number of carboxylic acids is 1. The van der Waals surface area contributed by atoms with Crippen LogP contribution in [0.5, 0.6) is 0 Å². The van der Waals surface area contributed by atoms with Crippen LogP contribution < -0.4 is 0 Å². The van der Waals surface area contributed by atoms with Gasteiger partial charge in [0.15, 0.2) is 0 Å². The average molecular weight is 263 g/mol. The molecule has 5 nitrogen and oxygen atoms in total. The van der Waals surface area contributed by atoms with Crippen LogP contribution in [0.3, 0.4) is 0 Å². The predicted molar refractivity (Wildman–Crippen MR) is 71.7 cm³/mol. The molecule has 2 atom stereocenters. The Bertz CT molecular complexity index is 478. The molecule has 1 fully saturated rings. The van der Waals surface area contributed by atoms with Gasteiger partial charge in [0.25, 0.3) is 0 Å². The summed E-state index contributed by atoms with van der Waals surface area (Å²) in [6, 6.07) is 0.104. The molecule has 1 aliphatic rings. The smallest absolute Gasteiger partial charge is 0.310 e. The molecule has 2 rings (SSSR count). The van der Waals surface area contributed by atoms with Crippen LogP contribution >= 0.6 is 0 Å². The van der Waals surface area contributed by atoms with Crippen LogP contribution in [0.15, 0.2) is 12.4 Å². The number of aliphatic carboxylic acids is 1. The number of hydrogen-bond acceptors (Lipinski definition) is 4. The van der Waals surface area contributed by atoms with Crippen LogP contribution in [0, 0.1) is 12.3 Å². The van der Waals surface area contributed by atoms with Crippen molar-refractivity contribution in [2.45, 2.75) is 39.7 Å². The van der Waals surface area contributed by atoms with Crippen molar-refractivity contribution in [1.29, 1.82) is 0 Å². The largest absolute Gasteiger partial charge is 0.481 e. The number of aromatic nitrogens is 2. The van der Waals surface area contributed by atoms with E-state index in [1.54, 1.807) is 12.4 Å². The van der Waals surface area contributed by atoms with Gasteiger partial charge in [0, 0.05) is 18.9 Å². The molecule has 0 aliphatic carbocycles. The van der Waals surface area contributed by atoms with Gasteiger partial charge in [-0.25, -0.2) is 0 Å². The van der Waals surface area contributed by atoms with Crippen molar-refractivity contribution in [3.8, 4) is 0 Å². The first kappa shape index (κ1) is 13.9. The highest BCUT2D eigenvalue weighted by atomic mass is 16.4. The van der Waals surface area contributed by atoms with Gasteiger partial charge < -0.3 is 5.11 Å². The lowest BCUT2D eigenvalue weighted by atomic mass is 9.81. The van der Waals surface area contributed by atoms with Crippen LogP contribution in [0.25, 0.3) is 0 Å². The second kappa shape index (κ2) is 5.25. The van der Waals surface area contributed by atoms with Crippen molar-refractivity contribution in [1.82, 2.24) is 14.9 Å². The molecule has 104 valence electrons. The van der Waals surface area contributed by atoms with Crippen LogP contribution in [-0.2, 0) is 4.79 Å². The summed E-state index contributed by atoms with van der Waals surface area (Å²) in [6.07, 6.45) is 5.03. The minimum absolute atomic E-state index is 0.104. The SMILES string of the molecule is Cc1nccnc1C(C)N1CCCC(C)(C(=O)O)C1. The highest BCUT2D eigenvalue weighted by Gasteiger charge is 2.39. The molecule has 0 saturated carbocycles. The number of piperidine rings is 1. The molecule has 1 aromatic rings. The number of likely N-dealkylation sites (tertiary alicyclic amines) is 1. The maximum absolute atomic E-state index is 11.4. The summed E-state index contributed by atoms with van der Waals surface area (Å²) in [7, 11) is 0. The fourth-order valence-electron chi connectivity index (χ4n) is 2.79. The topological polar surface area (TPSA) is 66.3 Å². The van der Waals surface area contributed by atoms with Gasteiger partial charge in [-0.1, -0.05) is 0 Å². The quantitative estimate of drug-likeness (QED) is 0.904. The summed E-state index contributed by atoms with van der Waals surface area (Å²) in [5.74, 6) is -0.708. The van der Waals surface area contributed by atoms with Crippen molar-refractivity contribution < 1.29 is 9.90 Å². The van der Waals surface area contributed by atoms with Gasteiger partial charge in [-0.2, -0.15) is 0 Å². The third kappa shape index (κ3) is 2.76. The van der Waals surface area contributed by atoms with E-state index >= 15 is 0 Å². The van der Waals surface area contributed by atoms with E-state index in [2.05, 4.69) is 21.8 Å². The molecule has 2 heterocycles. The first-order valence-electron chi connectivity index (χ1n) is 6.69. The van der Waals surface area contributed by atoms with Crippen molar-refractivity contribution >= 4 is 5.97 Å². The van der Waals surface area contributed by atoms with Crippen molar-refractivity contribution in [2.75, 3.05) is 13.1 Å². The molecule has 19 heavy (non-hydrogen) atoms. The summed E-state index contributed by atoms with van der Waals surface area (Å²) in [4.78, 5) is 22.3. The van der Waals surface area contributed by atoms with Gasteiger partial charge in [0.05, 0.1) is 22.8 Å². The number of carbonyl (C=O) groups is 1. The number of hydrogen-bond donors (Lipinski definition) is 1. The summed E-state index contributed by atoms with van der Waals surface area (Å²) in [6.45, 7) is 7.33. The van der Waals surface area contributed by atoms with Crippen LogP contribution in [-0.4, -0.2) is 39.0 Å². The summed E-state index contributed by atoms with van der Waals surface area (Å²) >= 11 is 0. The van der Waals surface area contributed by atoms with E-state index in [-0.39, 0.29) is 6.04 Å². The van der Waals surface area contributed by atoms with Gasteiger partial charge in [-0.3, -0.25) is 19.7 Å². The van der Waals surface area contributed by atoms with Crippen LogP contribution in [0.2, 0.25) is 0 Å². The van der Waals surface area contributed by atoms with Crippen LogP contribution in [0.4, 0.5) is 0 Å².